The number of carbonyl (C=O) groups excluding carboxylic acids is 3. The second kappa shape index (κ2) is 6.03. The average molecular weight is 268 g/mol. The molecule has 0 spiro atoms. The first kappa shape index (κ1) is 14.7. The van der Waals surface area contributed by atoms with Gasteiger partial charge in [-0.25, -0.2) is 9.59 Å². The second-order valence-corrected chi connectivity index (χ2v) is 3.64. The molecule has 7 nitrogen and oxygen atoms in total. The van der Waals surface area contributed by atoms with Crippen LogP contribution < -0.4 is 5.32 Å². The van der Waals surface area contributed by atoms with Crippen LogP contribution in [0, 0.1) is 0 Å². The summed E-state index contributed by atoms with van der Waals surface area (Å²) in [7, 11) is 4.23. The van der Waals surface area contributed by atoms with E-state index in [1.165, 1.54) is 19.1 Å². The smallest absolute Gasteiger partial charge is 0.346 e. The monoisotopic (exact) mass is 268 g/mol. The number of ether oxygens (including phenoxy) is 2. The molecule has 1 N–H and O–H groups in total. The lowest BCUT2D eigenvalue weighted by Gasteiger charge is -2.12. The Hall–Kier alpha value is -2.31. The van der Waals surface area contributed by atoms with Gasteiger partial charge in [0.1, 0.15) is 0 Å². The van der Waals surface area contributed by atoms with Crippen LogP contribution in [0.1, 0.15) is 6.92 Å². The van der Waals surface area contributed by atoms with Gasteiger partial charge in [-0.05, 0) is 6.92 Å². The van der Waals surface area contributed by atoms with Gasteiger partial charge in [0.15, 0.2) is 5.57 Å². The summed E-state index contributed by atoms with van der Waals surface area (Å²) in [4.78, 5) is 36.2. The van der Waals surface area contributed by atoms with Gasteiger partial charge in [-0.15, -0.1) is 0 Å². The molecule has 0 aromatic heterocycles. The van der Waals surface area contributed by atoms with E-state index in [0.29, 0.717) is 0 Å². The first-order chi connectivity index (χ1) is 8.97. The quantitative estimate of drug-likeness (QED) is 0.422. The molecular weight excluding hydrogens is 252 g/mol. The fraction of sp³-hybridized carbons (Fsp3) is 0.417. The van der Waals surface area contributed by atoms with E-state index in [4.69, 9.17) is 4.74 Å². The van der Waals surface area contributed by atoms with Gasteiger partial charge in [0.2, 0.25) is 0 Å². The van der Waals surface area contributed by atoms with Gasteiger partial charge < -0.3 is 19.7 Å². The number of likely N-dealkylation sites (N-methyl/N-ethyl adjacent to an activating group) is 2. The minimum absolute atomic E-state index is 0.123. The first-order valence-electron chi connectivity index (χ1n) is 5.65. The van der Waals surface area contributed by atoms with Gasteiger partial charge in [0, 0.05) is 20.2 Å². The third-order valence-corrected chi connectivity index (χ3v) is 2.57. The fourth-order valence-corrected chi connectivity index (χ4v) is 1.67. The van der Waals surface area contributed by atoms with E-state index >= 15 is 0 Å². The van der Waals surface area contributed by atoms with E-state index in [2.05, 4.69) is 10.1 Å². The molecule has 0 atom stereocenters. The first-order valence-corrected chi connectivity index (χ1v) is 5.65. The molecule has 0 unspecified atom stereocenters. The number of amides is 1. The lowest BCUT2D eigenvalue weighted by Crippen LogP contribution is -2.24. The Morgan fingerprint density at radius 3 is 2.53 bits per heavy atom. The molecule has 1 aliphatic rings. The standard InChI is InChI=1S/C12H16N2O5/c1-5-19-12(17)9-10(13-2)7(6-8(15)18-4)14(3)11(9)16/h6,13H,5H2,1-4H3/b7-6+. The number of methoxy groups -OCH3 is 1. The van der Waals surface area contributed by atoms with Crippen LogP contribution >= 0.6 is 0 Å². The van der Waals surface area contributed by atoms with Crippen molar-refractivity contribution >= 4 is 17.8 Å². The van der Waals surface area contributed by atoms with Crippen LogP contribution in [0.2, 0.25) is 0 Å². The van der Waals surface area contributed by atoms with Crippen LogP contribution in [0.3, 0.4) is 0 Å². The highest BCUT2D eigenvalue weighted by molar-refractivity contribution is 6.20. The summed E-state index contributed by atoms with van der Waals surface area (Å²) in [5.74, 6) is -1.87. The third kappa shape index (κ3) is 2.75. The molecule has 0 aromatic carbocycles. The van der Waals surface area contributed by atoms with Crippen molar-refractivity contribution in [3.05, 3.63) is 23.0 Å². The molecule has 1 aliphatic heterocycles. The SMILES string of the molecule is CCOC(=O)C1=C(NC)/C(=C\C(=O)OC)N(C)C1=O. The number of hydrogen-bond donors (Lipinski definition) is 1. The minimum atomic E-state index is -0.725. The normalized spacial score (nSPS) is 16.9. The Bertz CT molecular complexity index is 479. The van der Waals surface area contributed by atoms with Crippen molar-refractivity contribution in [1.29, 1.82) is 0 Å². The number of nitrogens with one attached hydrogen (secondary N) is 1. The fourth-order valence-electron chi connectivity index (χ4n) is 1.67. The molecule has 7 heteroatoms. The summed E-state index contributed by atoms with van der Waals surface area (Å²) in [6.45, 7) is 1.80. The highest BCUT2D eigenvalue weighted by atomic mass is 16.5. The Morgan fingerprint density at radius 2 is 2.05 bits per heavy atom. The zero-order chi connectivity index (χ0) is 14.6. The molecule has 1 rings (SSSR count). The van der Waals surface area contributed by atoms with Crippen LogP contribution in [0.15, 0.2) is 23.0 Å². The summed E-state index contributed by atoms with van der Waals surface area (Å²) in [6.07, 6.45) is 1.13. The molecule has 1 amide bonds. The van der Waals surface area contributed by atoms with E-state index in [1.54, 1.807) is 14.0 Å². The number of esters is 2. The molecule has 0 bridgehead atoms. The predicted molar refractivity (Wildman–Crippen MR) is 65.6 cm³/mol. The molecule has 0 aromatic rings. The van der Waals surface area contributed by atoms with Crippen LogP contribution in [-0.4, -0.2) is 50.6 Å². The van der Waals surface area contributed by atoms with E-state index in [-0.39, 0.29) is 23.6 Å². The zero-order valence-corrected chi connectivity index (χ0v) is 11.3. The van der Waals surface area contributed by atoms with Crippen molar-refractivity contribution in [2.24, 2.45) is 0 Å². The second-order valence-electron chi connectivity index (χ2n) is 3.64. The van der Waals surface area contributed by atoms with Gasteiger partial charge >= 0.3 is 11.9 Å². The number of carbonyl (C=O) groups is 3. The van der Waals surface area contributed by atoms with Crippen LogP contribution in [0.25, 0.3) is 0 Å². The number of nitrogens with zero attached hydrogens (tertiary/aromatic N) is 1. The largest absolute Gasteiger partial charge is 0.466 e. The van der Waals surface area contributed by atoms with Crippen molar-refractivity contribution in [2.75, 3.05) is 27.8 Å². The summed E-state index contributed by atoms with van der Waals surface area (Å²) < 4.78 is 9.34. The van der Waals surface area contributed by atoms with Crippen molar-refractivity contribution in [3.8, 4) is 0 Å². The molecule has 1 heterocycles. The summed E-state index contributed by atoms with van der Waals surface area (Å²) in [6, 6.07) is 0. The maximum Gasteiger partial charge on any atom is 0.346 e. The Kier molecular flexibility index (Phi) is 4.68. The van der Waals surface area contributed by atoms with Gasteiger partial charge in [-0.2, -0.15) is 0 Å². The lowest BCUT2D eigenvalue weighted by molar-refractivity contribution is -0.141. The Balaban J connectivity index is 3.28. The summed E-state index contributed by atoms with van der Waals surface area (Å²) in [5.41, 5.74) is 0.390. The highest BCUT2D eigenvalue weighted by Crippen LogP contribution is 2.26. The maximum atomic E-state index is 12.0. The predicted octanol–water partition coefficient (Wildman–Crippen LogP) is -0.448. The van der Waals surface area contributed by atoms with Gasteiger partial charge in [0.25, 0.3) is 5.91 Å². The topological polar surface area (TPSA) is 84.9 Å². The highest BCUT2D eigenvalue weighted by Gasteiger charge is 2.37. The maximum absolute atomic E-state index is 12.0. The minimum Gasteiger partial charge on any atom is -0.466 e. The summed E-state index contributed by atoms with van der Waals surface area (Å²) >= 11 is 0. The van der Waals surface area contributed by atoms with Crippen LogP contribution in [0.5, 0.6) is 0 Å². The van der Waals surface area contributed by atoms with Crippen LogP contribution in [-0.2, 0) is 23.9 Å². The zero-order valence-electron chi connectivity index (χ0n) is 11.3. The van der Waals surface area contributed by atoms with Gasteiger partial charge in [-0.1, -0.05) is 0 Å². The van der Waals surface area contributed by atoms with E-state index in [1.807, 2.05) is 0 Å². The molecule has 0 fully saturated rings. The third-order valence-electron chi connectivity index (χ3n) is 2.57. The van der Waals surface area contributed by atoms with Crippen molar-refractivity contribution in [3.63, 3.8) is 0 Å². The lowest BCUT2D eigenvalue weighted by atomic mass is 10.2. The van der Waals surface area contributed by atoms with E-state index in [9.17, 15) is 14.4 Å². The average Bonchev–Trinajstić information content (AvgIpc) is 2.63. The molecular formula is C12H16N2O5. The van der Waals surface area contributed by atoms with Crippen molar-refractivity contribution in [2.45, 2.75) is 6.92 Å². The Labute approximate surface area is 110 Å². The van der Waals surface area contributed by atoms with E-state index < -0.39 is 17.8 Å². The molecule has 0 saturated carbocycles. The van der Waals surface area contributed by atoms with Crippen molar-refractivity contribution < 1.29 is 23.9 Å². The summed E-state index contributed by atoms with van der Waals surface area (Å²) in [5, 5.41) is 2.73. The molecule has 0 saturated heterocycles. The molecule has 104 valence electrons. The van der Waals surface area contributed by atoms with Gasteiger partial charge in [-0.3, -0.25) is 4.79 Å². The van der Waals surface area contributed by atoms with Crippen LogP contribution in [0.4, 0.5) is 0 Å². The van der Waals surface area contributed by atoms with E-state index in [0.717, 1.165) is 6.08 Å². The molecule has 0 aliphatic carbocycles. The van der Waals surface area contributed by atoms with Crippen molar-refractivity contribution in [1.82, 2.24) is 10.2 Å². The van der Waals surface area contributed by atoms with Gasteiger partial charge in [0.05, 0.1) is 25.1 Å². The number of rotatable bonds is 4. The molecule has 19 heavy (non-hydrogen) atoms. The Morgan fingerprint density at radius 1 is 1.42 bits per heavy atom. The molecule has 0 radical (unpaired) electrons. The number of hydrogen-bond acceptors (Lipinski definition) is 6.